The van der Waals surface area contributed by atoms with Gasteiger partial charge in [0.25, 0.3) is 0 Å². The maximum atomic E-state index is 12.1. The Kier molecular flexibility index (Phi) is 5.29. The van der Waals surface area contributed by atoms with Crippen molar-refractivity contribution in [2.45, 2.75) is 71.8 Å². The molecule has 130 valence electrons. The largest absolute Gasteiger partial charge is 0.444 e. The van der Waals surface area contributed by atoms with Crippen molar-refractivity contribution in [3.8, 4) is 0 Å². The fourth-order valence-electron chi connectivity index (χ4n) is 2.54. The normalized spacial score (nSPS) is 18.0. The Morgan fingerprint density at radius 3 is 2.57 bits per heavy atom. The second-order valence-electron chi connectivity index (χ2n) is 7.20. The number of likely N-dealkylation sites (tertiary alicyclic amines) is 1. The number of piperidine rings is 1. The summed E-state index contributed by atoms with van der Waals surface area (Å²) in [5.74, 6) is 0.836. The number of nitrogens with zero attached hydrogens (tertiary/aromatic N) is 4. The minimum absolute atomic E-state index is 0.245. The van der Waals surface area contributed by atoms with E-state index >= 15 is 0 Å². The molecule has 1 fully saturated rings. The lowest BCUT2D eigenvalue weighted by Gasteiger charge is -2.39. The third kappa shape index (κ3) is 4.92. The highest BCUT2D eigenvalue weighted by molar-refractivity contribution is 5.68. The number of carbonyl (C=O) groups excluding carboxylic acids is 1. The van der Waals surface area contributed by atoms with Crippen LogP contribution in [0.15, 0.2) is 6.33 Å². The van der Waals surface area contributed by atoms with E-state index in [1.807, 2.05) is 32.4 Å². The van der Waals surface area contributed by atoms with Crippen molar-refractivity contribution in [1.29, 1.82) is 0 Å². The lowest BCUT2D eigenvalue weighted by Crippen LogP contribution is -2.48. The van der Waals surface area contributed by atoms with Crippen LogP contribution in [0.1, 0.15) is 53.3 Å². The van der Waals surface area contributed by atoms with Crippen molar-refractivity contribution in [3.05, 3.63) is 12.2 Å². The van der Waals surface area contributed by atoms with Gasteiger partial charge in [-0.15, -0.1) is 0 Å². The van der Waals surface area contributed by atoms with Crippen molar-refractivity contribution >= 4 is 6.09 Å². The second-order valence-corrected chi connectivity index (χ2v) is 7.20. The molecule has 2 heterocycles. The second kappa shape index (κ2) is 6.86. The molecule has 1 saturated heterocycles. The maximum absolute atomic E-state index is 12.1. The van der Waals surface area contributed by atoms with E-state index in [4.69, 9.17) is 9.47 Å². The van der Waals surface area contributed by atoms with Crippen molar-refractivity contribution in [3.63, 3.8) is 0 Å². The van der Waals surface area contributed by atoms with Crippen LogP contribution in [-0.4, -0.2) is 50.0 Å². The number of aromatic nitrogens is 3. The molecule has 7 nitrogen and oxygen atoms in total. The molecular formula is C16H28N4O3. The first-order valence-corrected chi connectivity index (χ1v) is 8.21. The van der Waals surface area contributed by atoms with Crippen LogP contribution >= 0.6 is 0 Å². The van der Waals surface area contributed by atoms with E-state index in [0.717, 1.165) is 25.2 Å². The van der Waals surface area contributed by atoms with E-state index in [-0.39, 0.29) is 11.7 Å². The molecule has 1 amide bonds. The minimum atomic E-state index is -0.460. The van der Waals surface area contributed by atoms with Gasteiger partial charge in [-0.1, -0.05) is 0 Å². The standard InChI is InChI=1S/C16H28N4O3/c1-6-20-13(17-12-18-20)11-22-16(5)7-9-19(10-8-16)14(21)23-15(2,3)4/h12H,6-11H2,1-5H3. The highest BCUT2D eigenvalue weighted by Crippen LogP contribution is 2.27. The molecule has 1 aromatic heterocycles. The summed E-state index contributed by atoms with van der Waals surface area (Å²) in [6, 6.07) is 0. The van der Waals surface area contributed by atoms with E-state index in [2.05, 4.69) is 17.0 Å². The molecule has 2 rings (SSSR count). The van der Waals surface area contributed by atoms with Gasteiger partial charge in [-0.3, -0.25) is 0 Å². The monoisotopic (exact) mass is 324 g/mol. The molecule has 7 heteroatoms. The molecule has 0 spiro atoms. The van der Waals surface area contributed by atoms with Gasteiger partial charge in [0.2, 0.25) is 0 Å². The number of hydrogen-bond donors (Lipinski definition) is 0. The van der Waals surface area contributed by atoms with Gasteiger partial charge in [-0.2, -0.15) is 5.10 Å². The third-order valence-electron chi connectivity index (χ3n) is 4.02. The molecule has 0 unspecified atom stereocenters. The highest BCUT2D eigenvalue weighted by atomic mass is 16.6. The first-order valence-electron chi connectivity index (χ1n) is 8.21. The first kappa shape index (κ1) is 17.7. The third-order valence-corrected chi connectivity index (χ3v) is 4.02. The highest BCUT2D eigenvalue weighted by Gasteiger charge is 2.34. The maximum Gasteiger partial charge on any atom is 0.410 e. The van der Waals surface area contributed by atoms with Crippen LogP contribution in [0.3, 0.4) is 0 Å². The summed E-state index contributed by atoms with van der Waals surface area (Å²) in [4.78, 5) is 18.1. The summed E-state index contributed by atoms with van der Waals surface area (Å²) in [5.41, 5.74) is -0.707. The number of rotatable bonds is 4. The zero-order valence-corrected chi connectivity index (χ0v) is 14.8. The first-order chi connectivity index (χ1) is 10.7. The van der Waals surface area contributed by atoms with Crippen molar-refractivity contribution in [2.75, 3.05) is 13.1 Å². The van der Waals surface area contributed by atoms with Gasteiger partial charge in [0.1, 0.15) is 18.5 Å². The molecule has 0 saturated carbocycles. The lowest BCUT2D eigenvalue weighted by molar-refractivity contribution is -0.0839. The molecule has 1 aliphatic rings. The van der Waals surface area contributed by atoms with Crippen LogP contribution in [0.2, 0.25) is 0 Å². The Hall–Kier alpha value is -1.63. The van der Waals surface area contributed by atoms with Crippen molar-refractivity contribution in [1.82, 2.24) is 19.7 Å². The van der Waals surface area contributed by atoms with E-state index in [9.17, 15) is 4.79 Å². The van der Waals surface area contributed by atoms with Crippen LogP contribution in [-0.2, 0) is 22.6 Å². The molecule has 0 aliphatic carbocycles. The topological polar surface area (TPSA) is 69.5 Å². The number of hydrogen-bond acceptors (Lipinski definition) is 5. The summed E-state index contributed by atoms with van der Waals surface area (Å²) < 4.78 is 13.3. The van der Waals surface area contributed by atoms with Crippen molar-refractivity contribution in [2.24, 2.45) is 0 Å². The van der Waals surface area contributed by atoms with Crippen LogP contribution in [0.25, 0.3) is 0 Å². The Morgan fingerprint density at radius 1 is 1.35 bits per heavy atom. The SMILES string of the molecule is CCn1ncnc1COC1(C)CCN(C(=O)OC(C)(C)C)CC1. The van der Waals surface area contributed by atoms with Gasteiger partial charge < -0.3 is 14.4 Å². The Labute approximate surface area is 138 Å². The summed E-state index contributed by atoms with van der Waals surface area (Å²) in [6.45, 7) is 12.3. The fraction of sp³-hybridized carbons (Fsp3) is 0.812. The zero-order chi connectivity index (χ0) is 17.1. The molecular weight excluding hydrogens is 296 g/mol. The zero-order valence-electron chi connectivity index (χ0n) is 14.8. The van der Waals surface area contributed by atoms with Gasteiger partial charge >= 0.3 is 6.09 Å². The quantitative estimate of drug-likeness (QED) is 0.851. The molecule has 1 aromatic rings. The summed E-state index contributed by atoms with van der Waals surface area (Å²) in [6.07, 6.45) is 2.87. The molecule has 0 bridgehead atoms. The molecule has 0 aromatic carbocycles. The van der Waals surface area contributed by atoms with Crippen molar-refractivity contribution < 1.29 is 14.3 Å². The number of ether oxygens (including phenoxy) is 2. The van der Waals surface area contributed by atoms with Crippen LogP contribution in [0.5, 0.6) is 0 Å². The molecule has 0 N–H and O–H groups in total. The van der Waals surface area contributed by atoms with Gasteiger partial charge in [0, 0.05) is 19.6 Å². The number of amides is 1. The van der Waals surface area contributed by atoms with E-state index in [1.165, 1.54) is 0 Å². The van der Waals surface area contributed by atoms with Gasteiger partial charge in [0.15, 0.2) is 5.82 Å². The molecule has 0 radical (unpaired) electrons. The smallest absolute Gasteiger partial charge is 0.410 e. The molecule has 23 heavy (non-hydrogen) atoms. The Morgan fingerprint density at radius 2 is 2.00 bits per heavy atom. The van der Waals surface area contributed by atoms with Gasteiger partial charge in [-0.25, -0.2) is 14.5 Å². The fourth-order valence-corrected chi connectivity index (χ4v) is 2.54. The van der Waals surface area contributed by atoms with Gasteiger partial charge in [0.05, 0.1) is 5.60 Å². The summed E-state index contributed by atoms with van der Waals surface area (Å²) in [5, 5.41) is 4.15. The predicted molar refractivity (Wildman–Crippen MR) is 85.9 cm³/mol. The number of aryl methyl sites for hydroxylation is 1. The lowest BCUT2D eigenvalue weighted by atomic mass is 9.93. The average Bonchev–Trinajstić information content (AvgIpc) is 2.91. The molecule has 0 atom stereocenters. The van der Waals surface area contributed by atoms with E-state index in [0.29, 0.717) is 19.7 Å². The van der Waals surface area contributed by atoms with E-state index < -0.39 is 5.60 Å². The summed E-state index contributed by atoms with van der Waals surface area (Å²) >= 11 is 0. The van der Waals surface area contributed by atoms with E-state index in [1.54, 1.807) is 11.2 Å². The predicted octanol–water partition coefficient (Wildman–Crippen LogP) is 2.60. The summed E-state index contributed by atoms with van der Waals surface area (Å²) in [7, 11) is 0. The average molecular weight is 324 g/mol. The van der Waals surface area contributed by atoms with Gasteiger partial charge in [-0.05, 0) is 47.5 Å². The number of carbonyl (C=O) groups is 1. The van der Waals surface area contributed by atoms with Crippen LogP contribution in [0.4, 0.5) is 4.79 Å². The van der Waals surface area contributed by atoms with Crippen LogP contribution in [0, 0.1) is 0 Å². The minimum Gasteiger partial charge on any atom is -0.444 e. The Bertz CT molecular complexity index is 528. The molecule has 1 aliphatic heterocycles. The van der Waals surface area contributed by atoms with Crippen LogP contribution < -0.4 is 0 Å². The Balaban J connectivity index is 1.84.